The Morgan fingerprint density at radius 3 is 2.30 bits per heavy atom. The highest BCUT2D eigenvalue weighted by Gasteiger charge is 2.23. The zero-order valence-electron chi connectivity index (χ0n) is 12.2. The van der Waals surface area contributed by atoms with Crippen LogP contribution in [-0.2, 0) is 9.53 Å². The molecule has 2 amide bonds. The van der Waals surface area contributed by atoms with Crippen molar-refractivity contribution in [3.63, 3.8) is 0 Å². The number of nitrogens with one attached hydrogen (secondary N) is 2. The molecule has 3 rings (SSSR count). The zero-order valence-corrected chi connectivity index (χ0v) is 12.9. The van der Waals surface area contributed by atoms with Gasteiger partial charge in [-0.15, -0.1) is 0 Å². The average molecular weight is 335 g/mol. The Morgan fingerprint density at radius 2 is 1.74 bits per heavy atom. The van der Waals surface area contributed by atoms with Gasteiger partial charge in [-0.2, -0.15) is 0 Å². The smallest absolute Gasteiger partial charge is 0.291 e. The molecule has 0 saturated carbocycles. The number of carbonyl (C=O) groups is 2. The minimum Gasteiger partial charge on any atom is -0.440 e. The van der Waals surface area contributed by atoms with Crippen LogP contribution in [0.1, 0.15) is 23.4 Å². The summed E-state index contributed by atoms with van der Waals surface area (Å²) in [7, 11) is 0. The summed E-state index contributed by atoms with van der Waals surface area (Å²) in [6.45, 7) is 0.625. The molecular weight excluding hydrogens is 320 g/mol. The van der Waals surface area contributed by atoms with E-state index in [0.29, 0.717) is 18.0 Å². The van der Waals surface area contributed by atoms with Gasteiger partial charge in [-0.1, -0.05) is 0 Å². The largest absolute Gasteiger partial charge is 0.440 e. The SMILES string of the molecule is O=C(Nc1ccc(NC(=O)[C@H]2CCCO2)cc1)c1ccc(Cl)o1. The number of benzene rings is 1. The number of amides is 2. The molecule has 1 fully saturated rings. The highest BCUT2D eigenvalue weighted by molar-refractivity contribution is 6.29. The van der Waals surface area contributed by atoms with Crippen LogP contribution in [0, 0.1) is 0 Å². The summed E-state index contributed by atoms with van der Waals surface area (Å²) in [5, 5.41) is 5.62. The van der Waals surface area contributed by atoms with Gasteiger partial charge in [0.15, 0.2) is 11.0 Å². The lowest BCUT2D eigenvalue weighted by Gasteiger charge is -2.11. The van der Waals surface area contributed by atoms with E-state index in [2.05, 4.69) is 10.6 Å². The highest BCUT2D eigenvalue weighted by atomic mass is 35.5. The van der Waals surface area contributed by atoms with Crippen molar-refractivity contribution in [2.45, 2.75) is 18.9 Å². The highest BCUT2D eigenvalue weighted by Crippen LogP contribution is 2.19. The van der Waals surface area contributed by atoms with Gasteiger partial charge >= 0.3 is 0 Å². The number of furan rings is 1. The molecule has 2 N–H and O–H groups in total. The summed E-state index contributed by atoms with van der Waals surface area (Å²) in [5.41, 5.74) is 1.22. The molecule has 23 heavy (non-hydrogen) atoms. The summed E-state index contributed by atoms with van der Waals surface area (Å²) in [5.74, 6) is -0.414. The molecule has 0 spiro atoms. The van der Waals surface area contributed by atoms with Crippen molar-refractivity contribution in [1.29, 1.82) is 0 Å². The molecule has 1 aromatic heterocycles. The Bertz CT molecular complexity index is 705. The van der Waals surface area contributed by atoms with Crippen molar-refractivity contribution in [2.24, 2.45) is 0 Å². The number of halogens is 1. The van der Waals surface area contributed by atoms with Crippen molar-refractivity contribution < 1.29 is 18.7 Å². The van der Waals surface area contributed by atoms with Crippen LogP contribution in [-0.4, -0.2) is 24.5 Å². The fourth-order valence-corrected chi connectivity index (χ4v) is 2.42. The van der Waals surface area contributed by atoms with Crippen LogP contribution in [0.2, 0.25) is 5.22 Å². The third-order valence-corrected chi connectivity index (χ3v) is 3.63. The van der Waals surface area contributed by atoms with Crippen LogP contribution in [0.3, 0.4) is 0 Å². The molecule has 0 bridgehead atoms. The minimum absolute atomic E-state index is 0.130. The fourth-order valence-electron chi connectivity index (χ4n) is 2.27. The first-order chi connectivity index (χ1) is 11.1. The van der Waals surface area contributed by atoms with E-state index in [1.807, 2.05) is 0 Å². The third-order valence-electron chi connectivity index (χ3n) is 3.43. The molecule has 1 aromatic carbocycles. The molecule has 2 aromatic rings. The maximum Gasteiger partial charge on any atom is 0.291 e. The molecule has 1 atom stereocenters. The van der Waals surface area contributed by atoms with Gasteiger partial charge in [0.25, 0.3) is 11.8 Å². The van der Waals surface area contributed by atoms with Gasteiger partial charge in [-0.05, 0) is 60.8 Å². The Morgan fingerprint density at radius 1 is 1.04 bits per heavy atom. The van der Waals surface area contributed by atoms with E-state index in [1.165, 1.54) is 12.1 Å². The molecule has 120 valence electrons. The van der Waals surface area contributed by atoms with Gasteiger partial charge in [0.05, 0.1) is 0 Å². The molecule has 0 unspecified atom stereocenters. The first-order valence-corrected chi connectivity index (χ1v) is 7.59. The molecule has 1 aliphatic heterocycles. The standard InChI is InChI=1S/C16H15ClN2O4/c17-14-8-7-13(23-14)16(21)19-11-5-3-10(4-6-11)18-15(20)12-2-1-9-22-12/h3-8,12H,1-2,9H2,(H,18,20)(H,19,21)/t12-/m1/s1. The Hall–Kier alpha value is -2.31. The van der Waals surface area contributed by atoms with Crippen molar-refractivity contribution in [1.82, 2.24) is 0 Å². The van der Waals surface area contributed by atoms with Gasteiger partial charge < -0.3 is 19.8 Å². The van der Waals surface area contributed by atoms with Gasteiger partial charge in [-0.3, -0.25) is 9.59 Å². The van der Waals surface area contributed by atoms with Crippen molar-refractivity contribution in [2.75, 3.05) is 17.2 Å². The molecule has 0 radical (unpaired) electrons. The van der Waals surface area contributed by atoms with E-state index in [-0.39, 0.29) is 23.0 Å². The summed E-state index contributed by atoms with van der Waals surface area (Å²) in [4.78, 5) is 23.8. The number of hydrogen-bond acceptors (Lipinski definition) is 4. The van der Waals surface area contributed by atoms with Gasteiger partial charge in [0.2, 0.25) is 0 Å². The molecule has 0 aliphatic carbocycles. The van der Waals surface area contributed by atoms with Crippen LogP contribution in [0.15, 0.2) is 40.8 Å². The number of carbonyl (C=O) groups excluding carboxylic acids is 2. The van der Waals surface area contributed by atoms with Crippen molar-refractivity contribution in [3.8, 4) is 0 Å². The zero-order chi connectivity index (χ0) is 16.2. The number of hydrogen-bond donors (Lipinski definition) is 2. The Kier molecular flexibility index (Phi) is 4.64. The van der Waals surface area contributed by atoms with E-state index >= 15 is 0 Å². The van der Waals surface area contributed by atoms with Crippen LogP contribution in [0.4, 0.5) is 11.4 Å². The first-order valence-electron chi connectivity index (χ1n) is 7.21. The average Bonchev–Trinajstić information content (AvgIpc) is 3.20. The Labute approximate surface area is 137 Å². The number of ether oxygens (including phenoxy) is 1. The van der Waals surface area contributed by atoms with Gasteiger partial charge in [-0.25, -0.2) is 0 Å². The fraction of sp³-hybridized carbons (Fsp3) is 0.250. The monoisotopic (exact) mass is 334 g/mol. The topological polar surface area (TPSA) is 80.6 Å². The van der Waals surface area contributed by atoms with Crippen LogP contribution >= 0.6 is 11.6 Å². The first kappa shape index (κ1) is 15.6. The predicted molar refractivity (Wildman–Crippen MR) is 85.7 cm³/mol. The van der Waals surface area contributed by atoms with E-state index in [1.54, 1.807) is 24.3 Å². The number of anilines is 2. The maximum atomic E-state index is 11.9. The normalized spacial score (nSPS) is 17.0. The van der Waals surface area contributed by atoms with E-state index in [9.17, 15) is 9.59 Å². The van der Waals surface area contributed by atoms with E-state index < -0.39 is 5.91 Å². The maximum absolute atomic E-state index is 11.9. The van der Waals surface area contributed by atoms with Crippen LogP contribution in [0.5, 0.6) is 0 Å². The lowest BCUT2D eigenvalue weighted by molar-refractivity contribution is -0.124. The van der Waals surface area contributed by atoms with E-state index in [0.717, 1.165) is 12.8 Å². The summed E-state index contributed by atoms with van der Waals surface area (Å²) < 4.78 is 10.4. The van der Waals surface area contributed by atoms with Gasteiger partial charge in [0.1, 0.15) is 6.10 Å². The van der Waals surface area contributed by atoms with Crippen molar-refractivity contribution >= 4 is 34.8 Å². The molecule has 7 heteroatoms. The second-order valence-electron chi connectivity index (χ2n) is 5.13. The second kappa shape index (κ2) is 6.85. The summed E-state index contributed by atoms with van der Waals surface area (Å²) in [6, 6.07) is 9.78. The quantitative estimate of drug-likeness (QED) is 0.899. The number of rotatable bonds is 4. The lowest BCUT2D eigenvalue weighted by atomic mass is 10.2. The van der Waals surface area contributed by atoms with E-state index in [4.69, 9.17) is 20.8 Å². The summed E-state index contributed by atoms with van der Waals surface area (Å²) in [6.07, 6.45) is 1.27. The third kappa shape index (κ3) is 3.91. The molecular formula is C16H15ClN2O4. The molecule has 1 aliphatic rings. The van der Waals surface area contributed by atoms with Crippen molar-refractivity contribution in [3.05, 3.63) is 47.4 Å². The predicted octanol–water partition coefficient (Wildman–Crippen LogP) is 3.30. The minimum atomic E-state index is -0.395. The van der Waals surface area contributed by atoms with Gasteiger partial charge in [0, 0.05) is 18.0 Å². The molecule has 2 heterocycles. The second-order valence-corrected chi connectivity index (χ2v) is 5.50. The van der Waals surface area contributed by atoms with Crippen LogP contribution in [0.25, 0.3) is 0 Å². The van der Waals surface area contributed by atoms with Crippen LogP contribution < -0.4 is 10.6 Å². The molecule has 1 saturated heterocycles. The Balaban J connectivity index is 1.58. The molecule has 6 nitrogen and oxygen atoms in total. The summed E-state index contributed by atoms with van der Waals surface area (Å²) >= 11 is 5.63. The lowest BCUT2D eigenvalue weighted by Crippen LogP contribution is -2.26.